The van der Waals surface area contributed by atoms with E-state index in [1.807, 2.05) is 57.2 Å². The van der Waals surface area contributed by atoms with Crippen molar-refractivity contribution in [2.45, 2.75) is 160 Å². The lowest BCUT2D eigenvalue weighted by Gasteiger charge is -2.47. The van der Waals surface area contributed by atoms with Crippen LogP contribution in [0, 0.1) is 29.6 Å². The molecule has 3 heterocycles. The van der Waals surface area contributed by atoms with Gasteiger partial charge < -0.3 is 49.6 Å². The lowest BCUT2D eigenvalue weighted by molar-refractivity contribution is -0.302. The van der Waals surface area contributed by atoms with E-state index in [4.69, 9.17) is 29.4 Å². The van der Waals surface area contributed by atoms with E-state index in [2.05, 4.69) is 6.58 Å². The van der Waals surface area contributed by atoms with Crippen LogP contribution in [0.1, 0.15) is 111 Å². The monoisotopic (exact) mass is 921 g/mol. The number of methoxy groups -OCH3 is 2. The minimum absolute atomic E-state index is 0.000715. The SMILES string of the molecule is C=CCC1C=C(C)CC(C)CC(OC)C2OC(O)(C(=O)C(=O)N3CCCCC3C(=O)OC(C(C)=CC3CCC(N)C(OCC=Cc4ccc(O)cc4)C3)C(C)C(O)CC1=O)C(C)CC2OC. The molecule has 1 saturated carbocycles. The molecule has 14 nitrogen and oxygen atoms in total. The third-order valence-electron chi connectivity index (χ3n) is 14.3. The third kappa shape index (κ3) is 13.4. The second-order valence-electron chi connectivity index (χ2n) is 19.5. The molecule has 4 aliphatic rings. The first-order valence-corrected chi connectivity index (χ1v) is 23.9. The number of esters is 1. The summed E-state index contributed by atoms with van der Waals surface area (Å²) < 4.78 is 30.7. The van der Waals surface area contributed by atoms with Crippen molar-refractivity contribution in [1.29, 1.82) is 0 Å². The molecular weight excluding hydrogens is 845 g/mol. The Bertz CT molecular complexity index is 1910. The molecule has 1 aromatic carbocycles. The number of hydrogen-bond donors (Lipinski definition) is 4. The van der Waals surface area contributed by atoms with Crippen molar-refractivity contribution in [2.24, 2.45) is 35.3 Å². The fourth-order valence-corrected chi connectivity index (χ4v) is 10.4. The van der Waals surface area contributed by atoms with E-state index in [1.54, 1.807) is 32.1 Å². The topological polar surface area (TPSA) is 204 Å². The van der Waals surface area contributed by atoms with E-state index in [9.17, 15) is 34.5 Å². The minimum Gasteiger partial charge on any atom is -0.508 e. The van der Waals surface area contributed by atoms with Crippen LogP contribution in [0.3, 0.4) is 0 Å². The van der Waals surface area contributed by atoms with Crippen LogP contribution in [0.4, 0.5) is 0 Å². The molecule has 0 spiro atoms. The number of aliphatic hydroxyl groups is 2. The maximum absolute atomic E-state index is 14.5. The number of phenols is 1. The number of phenolic OH excluding ortho intramolecular Hbond substituents is 1. The molecule has 2 saturated heterocycles. The van der Waals surface area contributed by atoms with Crippen LogP contribution in [0.5, 0.6) is 5.75 Å². The first-order valence-electron chi connectivity index (χ1n) is 23.9. The molecular formula is C52H76N2O12. The zero-order valence-electron chi connectivity index (χ0n) is 40.1. The number of nitrogens with zero attached hydrogens (tertiary/aromatic N) is 1. The molecule has 1 amide bonds. The molecule has 1 aliphatic carbocycles. The molecule has 2 bridgehead atoms. The Morgan fingerprint density at radius 3 is 2.35 bits per heavy atom. The number of cyclic esters (lactones) is 1. The van der Waals surface area contributed by atoms with Crippen molar-refractivity contribution in [3.05, 3.63) is 71.9 Å². The van der Waals surface area contributed by atoms with Gasteiger partial charge in [-0.1, -0.05) is 68.9 Å². The number of carbonyl (C=O) groups is 4. The van der Waals surface area contributed by atoms with E-state index in [0.29, 0.717) is 57.1 Å². The number of benzene rings is 1. The van der Waals surface area contributed by atoms with Gasteiger partial charge in [-0.05, 0) is 113 Å². The number of aromatic hydroxyl groups is 1. The lowest BCUT2D eigenvalue weighted by atomic mass is 9.81. The molecule has 3 aliphatic heterocycles. The summed E-state index contributed by atoms with van der Waals surface area (Å²) in [4.78, 5) is 58.5. The van der Waals surface area contributed by atoms with Crippen molar-refractivity contribution in [1.82, 2.24) is 4.90 Å². The van der Waals surface area contributed by atoms with E-state index in [0.717, 1.165) is 17.6 Å². The molecule has 1 aromatic rings. The van der Waals surface area contributed by atoms with Crippen molar-refractivity contribution >= 4 is 29.5 Å². The second-order valence-corrected chi connectivity index (χ2v) is 19.5. The van der Waals surface area contributed by atoms with Gasteiger partial charge in [0.25, 0.3) is 11.7 Å². The smallest absolute Gasteiger partial charge is 0.329 e. The summed E-state index contributed by atoms with van der Waals surface area (Å²) in [7, 11) is 3.06. The molecule has 14 unspecified atom stereocenters. The van der Waals surface area contributed by atoms with Gasteiger partial charge in [-0.15, -0.1) is 6.58 Å². The van der Waals surface area contributed by atoms with Crippen molar-refractivity contribution in [2.75, 3.05) is 27.4 Å². The Kier molecular flexibility index (Phi) is 19.5. The highest BCUT2D eigenvalue weighted by molar-refractivity contribution is 6.39. The van der Waals surface area contributed by atoms with Gasteiger partial charge in [0, 0.05) is 51.0 Å². The number of nitrogens with two attached hydrogens (primary N) is 1. The maximum atomic E-state index is 14.5. The van der Waals surface area contributed by atoms with E-state index < -0.39 is 77.8 Å². The standard InChI is InChI=1S/C52H76N2O12/c1-9-13-38-25-31(2)24-32(3)26-45(62-7)48-46(63-8)28-34(5)52(61,66-48)49(58)50(59)54-22-11-10-15-41(54)51(60)65-47(35(6)42(56)30-43(38)57)33(4)27-37-18-21-40(53)44(29-37)64-23-12-14-36-16-19-39(55)20-17-36/h9,12,14,16-17,19-20,25,27,32,34-35,37-38,40-42,44-48,55-56,61H,1,10-11,13,15,18,21-24,26,28-30,53H2,2-8H3. The van der Waals surface area contributed by atoms with Gasteiger partial charge in [0.2, 0.25) is 5.79 Å². The average molecular weight is 921 g/mol. The molecule has 14 heteroatoms. The first kappa shape index (κ1) is 52.9. The normalized spacial score (nSPS) is 36.3. The van der Waals surface area contributed by atoms with Gasteiger partial charge >= 0.3 is 5.97 Å². The first-order chi connectivity index (χ1) is 31.4. The van der Waals surface area contributed by atoms with Gasteiger partial charge in [-0.25, -0.2) is 4.79 Å². The number of Topliss-reactive ketones (excluding diaryl/α,β-unsaturated/α-hetero) is 2. The number of hydrogen-bond acceptors (Lipinski definition) is 13. The van der Waals surface area contributed by atoms with Crippen LogP contribution in [0.25, 0.3) is 6.08 Å². The molecule has 14 atom stereocenters. The molecule has 366 valence electrons. The largest absolute Gasteiger partial charge is 0.508 e. The van der Waals surface area contributed by atoms with E-state index in [-0.39, 0.29) is 61.3 Å². The highest BCUT2D eigenvalue weighted by Gasteiger charge is 2.56. The molecule has 66 heavy (non-hydrogen) atoms. The fraction of sp³-hybridized carbons (Fsp3) is 0.654. The van der Waals surface area contributed by atoms with Crippen LogP contribution in [0.2, 0.25) is 0 Å². The number of amides is 1. The van der Waals surface area contributed by atoms with Gasteiger partial charge in [0.05, 0.1) is 31.0 Å². The Labute approximate surface area is 391 Å². The predicted octanol–water partition coefficient (Wildman–Crippen LogP) is 6.39. The van der Waals surface area contributed by atoms with Crippen molar-refractivity contribution in [3.8, 4) is 5.75 Å². The summed E-state index contributed by atoms with van der Waals surface area (Å²) in [5, 5.41) is 33.6. The van der Waals surface area contributed by atoms with Gasteiger partial charge in [0.15, 0.2) is 0 Å². The van der Waals surface area contributed by atoms with Gasteiger partial charge in [0.1, 0.15) is 29.8 Å². The number of ether oxygens (including phenoxy) is 5. The number of carbonyl (C=O) groups excluding carboxylic acids is 4. The van der Waals surface area contributed by atoms with Crippen molar-refractivity contribution in [3.63, 3.8) is 0 Å². The quantitative estimate of drug-likeness (QED) is 0.114. The summed E-state index contributed by atoms with van der Waals surface area (Å²) in [6.07, 6.45) is 9.65. The molecule has 0 aromatic heterocycles. The Morgan fingerprint density at radius 1 is 0.970 bits per heavy atom. The predicted molar refractivity (Wildman–Crippen MR) is 251 cm³/mol. The Morgan fingerprint density at radius 2 is 1.67 bits per heavy atom. The lowest BCUT2D eigenvalue weighted by Crippen LogP contribution is -2.64. The highest BCUT2D eigenvalue weighted by atomic mass is 16.7. The summed E-state index contributed by atoms with van der Waals surface area (Å²) in [5.74, 6) is -7.65. The number of rotatable bonds is 10. The summed E-state index contributed by atoms with van der Waals surface area (Å²) >= 11 is 0. The zero-order valence-corrected chi connectivity index (χ0v) is 40.1. The van der Waals surface area contributed by atoms with Crippen molar-refractivity contribution < 1.29 is 58.2 Å². The van der Waals surface area contributed by atoms with Crippen LogP contribution >= 0.6 is 0 Å². The minimum atomic E-state index is -2.52. The molecule has 5 N–H and O–H groups in total. The Hall–Kier alpha value is -4.02. The number of aliphatic hydroxyl groups excluding tert-OH is 1. The van der Waals surface area contributed by atoms with Gasteiger partial charge in [-0.3, -0.25) is 14.4 Å². The number of piperidine rings is 1. The summed E-state index contributed by atoms with van der Waals surface area (Å²) in [6.45, 7) is 13.5. The maximum Gasteiger partial charge on any atom is 0.329 e. The van der Waals surface area contributed by atoms with Crippen LogP contribution < -0.4 is 5.73 Å². The number of fused-ring (bicyclic) bond motifs is 3. The van der Waals surface area contributed by atoms with E-state index >= 15 is 0 Å². The van der Waals surface area contributed by atoms with Crippen LogP contribution in [-0.4, -0.2) is 126 Å². The zero-order chi connectivity index (χ0) is 48.3. The third-order valence-corrected chi connectivity index (χ3v) is 14.3. The second kappa shape index (κ2) is 24.3. The molecule has 0 radical (unpaired) electrons. The molecule has 3 fully saturated rings. The average Bonchev–Trinajstić information content (AvgIpc) is 3.29. The highest BCUT2D eigenvalue weighted by Crippen LogP contribution is 2.39. The number of allylic oxidation sites excluding steroid dienone is 4. The van der Waals surface area contributed by atoms with Crippen LogP contribution in [-0.2, 0) is 42.9 Å². The Balaban J connectivity index is 1.47. The number of ketones is 2. The molecule has 5 rings (SSSR count). The summed E-state index contributed by atoms with van der Waals surface area (Å²) in [5.41, 5.74) is 9.08. The van der Waals surface area contributed by atoms with Gasteiger partial charge in [-0.2, -0.15) is 0 Å². The fourth-order valence-electron chi connectivity index (χ4n) is 10.4. The summed E-state index contributed by atoms with van der Waals surface area (Å²) in [6, 6.07) is 5.51. The van der Waals surface area contributed by atoms with E-state index in [1.165, 1.54) is 19.1 Å². The van der Waals surface area contributed by atoms with Crippen LogP contribution in [0.15, 0.2) is 66.3 Å².